The molecule has 5 heteroatoms. The summed E-state index contributed by atoms with van der Waals surface area (Å²) in [4.78, 5) is 14.5. The van der Waals surface area contributed by atoms with Gasteiger partial charge in [0.05, 0.1) is 6.04 Å². The molecule has 2 aromatic carbocycles. The Hall–Kier alpha value is -2.04. The van der Waals surface area contributed by atoms with Crippen molar-refractivity contribution in [3.8, 4) is 0 Å². The lowest BCUT2D eigenvalue weighted by Gasteiger charge is -2.43. The van der Waals surface area contributed by atoms with E-state index >= 15 is 0 Å². The third-order valence-electron chi connectivity index (χ3n) is 6.45. The summed E-state index contributed by atoms with van der Waals surface area (Å²) in [7, 11) is 0. The molecular formula is C23H27ClN2O2. The summed E-state index contributed by atoms with van der Waals surface area (Å²) in [5, 5.41) is 0.749. The van der Waals surface area contributed by atoms with Gasteiger partial charge >= 0.3 is 6.09 Å². The third kappa shape index (κ3) is 3.76. The summed E-state index contributed by atoms with van der Waals surface area (Å²) in [6.07, 6.45) is 4.44. The molecule has 0 spiro atoms. The molecule has 2 N–H and O–H groups in total. The van der Waals surface area contributed by atoms with E-state index in [2.05, 4.69) is 18.2 Å². The van der Waals surface area contributed by atoms with Crippen molar-refractivity contribution in [2.45, 2.75) is 49.6 Å². The van der Waals surface area contributed by atoms with Gasteiger partial charge in [-0.3, -0.25) is 4.90 Å². The zero-order valence-corrected chi connectivity index (χ0v) is 16.8. The molecule has 4 nitrogen and oxygen atoms in total. The lowest BCUT2D eigenvalue weighted by molar-refractivity contribution is 0.117. The van der Waals surface area contributed by atoms with Crippen LogP contribution >= 0.6 is 11.6 Å². The van der Waals surface area contributed by atoms with Crippen molar-refractivity contribution in [1.29, 1.82) is 0 Å². The first-order chi connectivity index (χ1) is 13.6. The Bertz CT molecular complexity index is 818. The number of hydrogen-bond acceptors (Lipinski definition) is 3. The number of nitrogens with two attached hydrogens (primary N) is 1. The van der Waals surface area contributed by atoms with Crippen LogP contribution in [0.25, 0.3) is 0 Å². The second-order valence-electron chi connectivity index (χ2n) is 8.05. The van der Waals surface area contributed by atoms with Crippen LogP contribution < -0.4 is 5.73 Å². The van der Waals surface area contributed by atoms with Gasteiger partial charge in [0, 0.05) is 23.0 Å². The monoisotopic (exact) mass is 398 g/mol. The van der Waals surface area contributed by atoms with E-state index in [1.165, 1.54) is 11.1 Å². The van der Waals surface area contributed by atoms with E-state index in [1.54, 1.807) is 0 Å². The molecule has 1 saturated carbocycles. The Morgan fingerprint density at radius 3 is 2.54 bits per heavy atom. The average molecular weight is 399 g/mol. The second-order valence-corrected chi connectivity index (χ2v) is 8.49. The van der Waals surface area contributed by atoms with Crippen LogP contribution in [0.2, 0.25) is 5.02 Å². The van der Waals surface area contributed by atoms with E-state index in [9.17, 15) is 4.79 Å². The van der Waals surface area contributed by atoms with Crippen molar-refractivity contribution in [2.75, 3.05) is 13.2 Å². The minimum absolute atomic E-state index is 0.0556. The molecule has 2 fully saturated rings. The highest BCUT2D eigenvalue weighted by atomic mass is 35.5. The molecule has 0 aromatic heterocycles. The second kappa shape index (κ2) is 8.14. The van der Waals surface area contributed by atoms with Gasteiger partial charge < -0.3 is 10.5 Å². The predicted octanol–water partition coefficient (Wildman–Crippen LogP) is 4.54. The summed E-state index contributed by atoms with van der Waals surface area (Å²) in [5.41, 5.74) is 8.62. The van der Waals surface area contributed by atoms with Gasteiger partial charge in [0.25, 0.3) is 0 Å². The maximum atomic E-state index is 12.5. The minimum Gasteiger partial charge on any atom is -0.447 e. The largest absolute Gasteiger partial charge is 0.447 e. The highest BCUT2D eigenvalue weighted by Crippen LogP contribution is 2.42. The van der Waals surface area contributed by atoms with Crippen LogP contribution in [-0.4, -0.2) is 36.2 Å². The number of rotatable bonds is 5. The Morgan fingerprint density at radius 1 is 1.11 bits per heavy atom. The number of ether oxygens (including phenoxy) is 1. The molecule has 2 aromatic rings. The van der Waals surface area contributed by atoms with Gasteiger partial charge in [-0.15, -0.1) is 0 Å². The predicted molar refractivity (Wildman–Crippen MR) is 112 cm³/mol. The summed E-state index contributed by atoms with van der Waals surface area (Å²) >= 11 is 6.22. The number of amides is 1. The fourth-order valence-electron chi connectivity index (χ4n) is 4.82. The van der Waals surface area contributed by atoms with E-state index in [1.807, 2.05) is 41.3 Å². The molecule has 0 radical (unpaired) electrons. The number of carbonyl (C=O) groups is 1. The lowest BCUT2D eigenvalue weighted by Crippen LogP contribution is -2.49. The molecule has 148 valence electrons. The number of benzene rings is 2. The number of halogens is 1. The number of carbonyl (C=O) groups excluding carboxylic acids is 1. The van der Waals surface area contributed by atoms with Gasteiger partial charge in [0.1, 0.15) is 6.61 Å². The van der Waals surface area contributed by atoms with Crippen LogP contribution in [0.5, 0.6) is 0 Å². The fraction of sp³-hybridized carbons (Fsp3) is 0.435. The van der Waals surface area contributed by atoms with Crippen molar-refractivity contribution in [1.82, 2.24) is 4.90 Å². The Morgan fingerprint density at radius 2 is 1.86 bits per heavy atom. The standard InChI is InChI=1S/C23H27ClN2O2/c24-19-8-4-7-18(14-19)23(16-25)11-9-20(10-12-23)26-21(15-28-22(26)27)13-17-5-2-1-3-6-17/h1-8,14,20-21H,9-13,15-16,25H2/t20-,21-,23-/m1/s1. The van der Waals surface area contributed by atoms with E-state index in [0.29, 0.717) is 13.2 Å². The zero-order valence-electron chi connectivity index (χ0n) is 16.0. The lowest BCUT2D eigenvalue weighted by atomic mass is 9.68. The molecular weight excluding hydrogens is 372 g/mol. The van der Waals surface area contributed by atoms with Crippen molar-refractivity contribution in [2.24, 2.45) is 5.73 Å². The van der Waals surface area contributed by atoms with Crippen molar-refractivity contribution >= 4 is 17.7 Å². The van der Waals surface area contributed by atoms with Crippen molar-refractivity contribution < 1.29 is 9.53 Å². The van der Waals surface area contributed by atoms with Gasteiger partial charge in [-0.1, -0.05) is 54.1 Å². The first-order valence-corrected chi connectivity index (χ1v) is 10.4. The highest BCUT2D eigenvalue weighted by Gasteiger charge is 2.43. The van der Waals surface area contributed by atoms with Crippen LogP contribution in [0.15, 0.2) is 54.6 Å². The molecule has 1 heterocycles. The van der Waals surface area contributed by atoms with E-state index < -0.39 is 0 Å². The van der Waals surface area contributed by atoms with Gasteiger partial charge in [-0.2, -0.15) is 0 Å². The topological polar surface area (TPSA) is 55.6 Å². The van der Waals surface area contributed by atoms with E-state index in [0.717, 1.165) is 37.1 Å². The summed E-state index contributed by atoms with van der Waals surface area (Å²) < 4.78 is 5.43. The average Bonchev–Trinajstić information content (AvgIpc) is 3.09. The summed E-state index contributed by atoms with van der Waals surface area (Å²) in [6, 6.07) is 18.7. The highest BCUT2D eigenvalue weighted by molar-refractivity contribution is 6.30. The van der Waals surface area contributed by atoms with E-state index in [-0.39, 0.29) is 23.6 Å². The molecule has 1 atom stereocenters. The maximum Gasteiger partial charge on any atom is 0.410 e. The maximum absolute atomic E-state index is 12.5. The van der Waals surface area contributed by atoms with Gasteiger partial charge in [0.15, 0.2) is 0 Å². The molecule has 4 rings (SSSR count). The quantitative estimate of drug-likeness (QED) is 0.804. The van der Waals surface area contributed by atoms with Crippen LogP contribution in [0, 0.1) is 0 Å². The zero-order chi connectivity index (χ0) is 19.6. The number of cyclic esters (lactones) is 1. The Labute approximate surface area is 171 Å². The number of nitrogens with zero attached hydrogens (tertiary/aromatic N) is 1. The first kappa shape index (κ1) is 19.3. The molecule has 2 aliphatic rings. The fourth-order valence-corrected chi connectivity index (χ4v) is 5.01. The third-order valence-corrected chi connectivity index (χ3v) is 6.69. The first-order valence-electron chi connectivity index (χ1n) is 10.1. The van der Waals surface area contributed by atoms with Crippen molar-refractivity contribution in [3.05, 3.63) is 70.7 Å². The molecule has 0 unspecified atom stereocenters. The SMILES string of the molecule is NC[C@]1(c2cccc(Cl)c2)CC[C@H](N2C(=O)OC[C@H]2Cc2ccccc2)CC1. The van der Waals surface area contributed by atoms with Crippen LogP contribution in [0.3, 0.4) is 0 Å². The molecule has 1 amide bonds. The summed E-state index contributed by atoms with van der Waals surface area (Å²) in [5.74, 6) is 0. The molecule has 1 aliphatic carbocycles. The summed E-state index contributed by atoms with van der Waals surface area (Å²) in [6.45, 7) is 1.07. The molecule has 1 saturated heterocycles. The molecule has 1 aliphatic heterocycles. The van der Waals surface area contributed by atoms with Crippen LogP contribution in [0.1, 0.15) is 36.8 Å². The smallest absolute Gasteiger partial charge is 0.410 e. The van der Waals surface area contributed by atoms with Crippen molar-refractivity contribution in [3.63, 3.8) is 0 Å². The van der Waals surface area contributed by atoms with Gasteiger partial charge in [0.2, 0.25) is 0 Å². The van der Waals surface area contributed by atoms with Crippen LogP contribution in [-0.2, 0) is 16.6 Å². The van der Waals surface area contributed by atoms with Gasteiger partial charge in [-0.05, 0) is 55.4 Å². The number of hydrogen-bond donors (Lipinski definition) is 1. The van der Waals surface area contributed by atoms with Gasteiger partial charge in [-0.25, -0.2) is 4.79 Å². The molecule has 28 heavy (non-hydrogen) atoms. The van der Waals surface area contributed by atoms with Crippen LogP contribution in [0.4, 0.5) is 4.79 Å². The Kier molecular flexibility index (Phi) is 5.61. The van der Waals surface area contributed by atoms with E-state index in [4.69, 9.17) is 22.1 Å². The minimum atomic E-state index is -0.172. The normalized spacial score (nSPS) is 27.6. The molecule has 0 bridgehead atoms. The Balaban J connectivity index is 1.47.